The van der Waals surface area contributed by atoms with Crippen LogP contribution in [0.4, 0.5) is 0 Å². The number of rotatable bonds is 3. The van der Waals surface area contributed by atoms with Gasteiger partial charge in [0.2, 0.25) is 5.91 Å². The topological polar surface area (TPSA) is 41.6 Å². The highest BCUT2D eigenvalue weighted by atomic mass is 16.5. The molecule has 1 N–H and O–H groups in total. The van der Waals surface area contributed by atoms with Gasteiger partial charge >= 0.3 is 0 Å². The van der Waals surface area contributed by atoms with E-state index < -0.39 is 0 Å². The third-order valence-electron chi connectivity index (χ3n) is 5.23. The number of hydrogen-bond acceptors (Lipinski definition) is 3. The Bertz CT molecular complexity index is 612. The van der Waals surface area contributed by atoms with Crippen molar-refractivity contribution in [2.75, 3.05) is 33.3 Å². The van der Waals surface area contributed by atoms with Crippen molar-refractivity contribution in [1.82, 2.24) is 10.2 Å². The van der Waals surface area contributed by atoms with Gasteiger partial charge in [0.05, 0.1) is 13.0 Å². The molecule has 1 aliphatic heterocycles. The summed E-state index contributed by atoms with van der Waals surface area (Å²) in [5.41, 5.74) is 3.31. The van der Waals surface area contributed by atoms with Crippen molar-refractivity contribution in [3.05, 3.63) is 28.8 Å². The molecule has 1 amide bonds. The molecule has 1 aromatic carbocycles. The number of amides is 1. The van der Waals surface area contributed by atoms with Gasteiger partial charge in [-0.25, -0.2) is 0 Å². The van der Waals surface area contributed by atoms with E-state index in [4.69, 9.17) is 4.74 Å². The van der Waals surface area contributed by atoms with Crippen LogP contribution >= 0.6 is 0 Å². The zero-order chi connectivity index (χ0) is 19.7. The van der Waals surface area contributed by atoms with Crippen molar-refractivity contribution in [3.8, 4) is 5.75 Å². The average Bonchev–Trinajstić information content (AvgIpc) is 2.58. The molecule has 4 nitrogen and oxygen atoms in total. The predicted octanol–water partition coefficient (Wildman–Crippen LogP) is 3.83. The summed E-state index contributed by atoms with van der Waals surface area (Å²) in [6.07, 6.45) is 0. The number of ether oxygens (including phenoxy) is 1. The standard InChI is InChI=1S/C22H36N2O2/c1-15(20(25)24-11-9-23-10-12-24)16-13-17(21(2,3)4)19(26-8)18(14-16)22(5,6)7/h13-15,23H,9-12H2,1-8H3. The van der Waals surface area contributed by atoms with Crippen molar-refractivity contribution in [2.45, 2.75) is 65.2 Å². The van der Waals surface area contributed by atoms with Crippen molar-refractivity contribution >= 4 is 5.91 Å². The molecule has 4 heteroatoms. The number of benzene rings is 1. The summed E-state index contributed by atoms with van der Waals surface area (Å²) < 4.78 is 5.84. The third kappa shape index (κ3) is 4.40. The molecule has 1 heterocycles. The molecule has 2 rings (SSSR count). The first kappa shape index (κ1) is 20.8. The zero-order valence-electron chi connectivity index (χ0n) is 17.8. The Labute approximate surface area is 159 Å². The second-order valence-corrected chi connectivity index (χ2v) is 9.45. The molecule has 1 aromatic rings. The number of methoxy groups -OCH3 is 1. The van der Waals surface area contributed by atoms with E-state index in [1.165, 1.54) is 11.1 Å². The maximum atomic E-state index is 13.0. The Kier molecular flexibility index (Phi) is 6.06. The monoisotopic (exact) mass is 360 g/mol. The van der Waals surface area contributed by atoms with E-state index in [9.17, 15) is 4.79 Å². The van der Waals surface area contributed by atoms with Gasteiger partial charge in [0, 0.05) is 37.3 Å². The Morgan fingerprint density at radius 3 is 1.88 bits per heavy atom. The van der Waals surface area contributed by atoms with Gasteiger partial charge in [-0.2, -0.15) is 0 Å². The molecule has 1 unspecified atom stereocenters. The molecule has 0 aliphatic carbocycles. The van der Waals surface area contributed by atoms with E-state index >= 15 is 0 Å². The lowest BCUT2D eigenvalue weighted by molar-refractivity contribution is -0.133. The highest BCUT2D eigenvalue weighted by Crippen LogP contribution is 2.42. The van der Waals surface area contributed by atoms with E-state index in [2.05, 4.69) is 59.0 Å². The minimum Gasteiger partial charge on any atom is -0.496 e. The zero-order valence-corrected chi connectivity index (χ0v) is 17.8. The van der Waals surface area contributed by atoms with Gasteiger partial charge in [0.1, 0.15) is 5.75 Å². The van der Waals surface area contributed by atoms with Gasteiger partial charge < -0.3 is 15.0 Å². The largest absolute Gasteiger partial charge is 0.496 e. The minimum atomic E-state index is -0.152. The van der Waals surface area contributed by atoms with Crippen LogP contribution in [0.15, 0.2) is 12.1 Å². The molecule has 0 radical (unpaired) electrons. The quantitative estimate of drug-likeness (QED) is 0.891. The Balaban J connectivity index is 2.52. The summed E-state index contributed by atoms with van der Waals surface area (Å²) in [7, 11) is 1.74. The lowest BCUT2D eigenvalue weighted by Gasteiger charge is -2.33. The van der Waals surface area contributed by atoms with Crippen LogP contribution in [0.5, 0.6) is 5.75 Å². The fourth-order valence-electron chi connectivity index (χ4n) is 3.54. The smallest absolute Gasteiger partial charge is 0.229 e. The van der Waals surface area contributed by atoms with E-state index in [1.807, 2.05) is 11.8 Å². The molecule has 26 heavy (non-hydrogen) atoms. The Morgan fingerprint density at radius 1 is 1.04 bits per heavy atom. The van der Waals surface area contributed by atoms with Crippen LogP contribution in [0.25, 0.3) is 0 Å². The van der Waals surface area contributed by atoms with E-state index in [1.54, 1.807) is 7.11 Å². The summed E-state index contributed by atoms with van der Waals surface area (Å²) in [4.78, 5) is 15.0. The van der Waals surface area contributed by atoms with Gasteiger partial charge in [-0.3, -0.25) is 4.79 Å². The molecule has 146 valence electrons. The number of piperazine rings is 1. The van der Waals surface area contributed by atoms with E-state index in [0.29, 0.717) is 0 Å². The van der Waals surface area contributed by atoms with Crippen molar-refractivity contribution in [1.29, 1.82) is 0 Å². The number of nitrogens with zero attached hydrogens (tertiary/aromatic N) is 1. The number of carbonyl (C=O) groups is 1. The second-order valence-electron chi connectivity index (χ2n) is 9.45. The molecular weight excluding hydrogens is 324 g/mol. The van der Waals surface area contributed by atoms with Crippen LogP contribution in [0.2, 0.25) is 0 Å². The molecule has 1 fully saturated rings. The average molecular weight is 361 g/mol. The van der Waals surface area contributed by atoms with Gasteiger partial charge in [-0.15, -0.1) is 0 Å². The van der Waals surface area contributed by atoms with Crippen molar-refractivity contribution in [2.24, 2.45) is 0 Å². The number of carbonyl (C=O) groups excluding carboxylic acids is 1. The molecule has 0 saturated carbocycles. The van der Waals surface area contributed by atoms with Crippen LogP contribution in [-0.4, -0.2) is 44.1 Å². The van der Waals surface area contributed by atoms with Gasteiger partial charge in [0.15, 0.2) is 0 Å². The molecule has 1 aliphatic rings. The maximum Gasteiger partial charge on any atom is 0.229 e. The molecule has 0 aromatic heterocycles. The summed E-state index contributed by atoms with van der Waals surface area (Å²) in [5, 5.41) is 3.31. The lowest BCUT2D eigenvalue weighted by Crippen LogP contribution is -2.47. The summed E-state index contributed by atoms with van der Waals surface area (Å²) in [6.45, 7) is 18.6. The molecule has 0 spiro atoms. The van der Waals surface area contributed by atoms with E-state index in [0.717, 1.165) is 37.5 Å². The number of hydrogen-bond donors (Lipinski definition) is 1. The second kappa shape index (κ2) is 7.59. The van der Waals surface area contributed by atoms with Crippen LogP contribution < -0.4 is 10.1 Å². The summed E-state index contributed by atoms with van der Waals surface area (Å²) in [5.74, 6) is 1.02. The first-order valence-electron chi connectivity index (χ1n) is 9.69. The minimum absolute atomic E-state index is 0.0564. The molecular formula is C22H36N2O2. The lowest BCUT2D eigenvalue weighted by atomic mass is 9.77. The van der Waals surface area contributed by atoms with Crippen LogP contribution in [0, 0.1) is 0 Å². The predicted molar refractivity (Wildman–Crippen MR) is 108 cm³/mol. The first-order valence-corrected chi connectivity index (χ1v) is 9.69. The van der Waals surface area contributed by atoms with Gasteiger partial charge in [-0.1, -0.05) is 53.7 Å². The third-order valence-corrected chi connectivity index (χ3v) is 5.23. The van der Waals surface area contributed by atoms with Gasteiger partial charge in [-0.05, 0) is 23.3 Å². The first-order chi connectivity index (χ1) is 12.0. The fraction of sp³-hybridized carbons (Fsp3) is 0.682. The summed E-state index contributed by atoms with van der Waals surface area (Å²) in [6, 6.07) is 4.36. The summed E-state index contributed by atoms with van der Waals surface area (Å²) >= 11 is 0. The van der Waals surface area contributed by atoms with Gasteiger partial charge in [0.25, 0.3) is 0 Å². The molecule has 1 saturated heterocycles. The maximum absolute atomic E-state index is 13.0. The molecule has 0 bridgehead atoms. The normalized spacial score (nSPS) is 17.2. The van der Waals surface area contributed by atoms with Crippen LogP contribution in [-0.2, 0) is 15.6 Å². The van der Waals surface area contributed by atoms with Crippen LogP contribution in [0.3, 0.4) is 0 Å². The van der Waals surface area contributed by atoms with Crippen molar-refractivity contribution in [3.63, 3.8) is 0 Å². The fourth-order valence-corrected chi connectivity index (χ4v) is 3.54. The molecule has 1 atom stereocenters. The highest BCUT2D eigenvalue weighted by Gasteiger charge is 2.30. The Morgan fingerprint density at radius 2 is 1.50 bits per heavy atom. The number of nitrogens with one attached hydrogen (secondary N) is 1. The van der Waals surface area contributed by atoms with E-state index in [-0.39, 0.29) is 22.7 Å². The highest BCUT2D eigenvalue weighted by molar-refractivity contribution is 5.83. The Hall–Kier alpha value is -1.55. The van der Waals surface area contributed by atoms with Crippen molar-refractivity contribution < 1.29 is 9.53 Å². The SMILES string of the molecule is COc1c(C(C)(C)C)cc(C(C)C(=O)N2CCNCC2)cc1C(C)(C)C. The van der Waals surface area contributed by atoms with Crippen LogP contribution in [0.1, 0.15) is 71.1 Å².